The minimum atomic E-state index is -2.40. The molecular formula is C16H31F2N. The van der Waals surface area contributed by atoms with Crippen LogP contribution in [0.3, 0.4) is 0 Å². The van der Waals surface area contributed by atoms with Gasteiger partial charge in [0.2, 0.25) is 5.92 Å². The van der Waals surface area contributed by atoms with E-state index in [0.717, 1.165) is 25.3 Å². The number of nitrogens with one attached hydrogen (secondary N) is 1. The predicted molar refractivity (Wildman–Crippen MR) is 77.7 cm³/mol. The second-order valence-electron chi connectivity index (χ2n) is 6.17. The van der Waals surface area contributed by atoms with Gasteiger partial charge in [-0.05, 0) is 44.1 Å². The van der Waals surface area contributed by atoms with Crippen LogP contribution in [0.1, 0.15) is 72.1 Å². The van der Waals surface area contributed by atoms with Gasteiger partial charge in [0.15, 0.2) is 0 Å². The van der Waals surface area contributed by atoms with Crippen LogP contribution >= 0.6 is 0 Å². The monoisotopic (exact) mass is 275 g/mol. The maximum Gasteiger partial charge on any atom is 0.248 e. The zero-order valence-corrected chi connectivity index (χ0v) is 12.9. The molecule has 0 heterocycles. The van der Waals surface area contributed by atoms with Crippen molar-refractivity contribution in [3.8, 4) is 0 Å². The van der Waals surface area contributed by atoms with Crippen molar-refractivity contribution >= 4 is 0 Å². The van der Waals surface area contributed by atoms with Crippen LogP contribution in [0.4, 0.5) is 8.78 Å². The van der Waals surface area contributed by atoms with Crippen LogP contribution in [0.2, 0.25) is 0 Å². The first-order chi connectivity index (χ1) is 9.02. The Bertz CT molecular complexity index is 229. The summed E-state index contributed by atoms with van der Waals surface area (Å²) in [6.07, 6.45) is 6.22. The molecule has 1 unspecified atom stereocenters. The summed E-state index contributed by atoms with van der Waals surface area (Å²) in [5.41, 5.74) is 0. The highest BCUT2D eigenvalue weighted by atomic mass is 19.3. The molecule has 0 bridgehead atoms. The van der Waals surface area contributed by atoms with Crippen LogP contribution in [-0.2, 0) is 0 Å². The molecule has 0 aromatic heterocycles. The fraction of sp³-hybridized carbons (Fsp3) is 1.00. The number of halogens is 2. The molecule has 0 spiro atoms. The molecule has 0 aliphatic heterocycles. The van der Waals surface area contributed by atoms with Gasteiger partial charge in [-0.2, -0.15) is 0 Å². The van der Waals surface area contributed by atoms with Gasteiger partial charge in [0.1, 0.15) is 0 Å². The Morgan fingerprint density at radius 3 is 2.16 bits per heavy atom. The fourth-order valence-corrected chi connectivity index (χ4v) is 3.22. The van der Waals surface area contributed by atoms with E-state index in [0.29, 0.717) is 24.8 Å². The summed E-state index contributed by atoms with van der Waals surface area (Å²) in [5.74, 6) is -1.22. The average molecular weight is 275 g/mol. The lowest BCUT2D eigenvalue weighted by molar-refractivity contribution is -0.0504. The van der Waals surface area contributed by atoms with Gasteiger partial charge in [-0.3, -0.25) is 0 Å². The van der Waals surface area contributed by atoms with Crippen LogP contribution < -0.4 is 5.32 Å². The molecule has 1 aliphatic rings. The molecule has 1 nitrogen and oxygen atoms in total. The highest BCUT2D eigenvalue weighted by molar-refractivity contribution is 4.86. The van der Waals surface area contributed by atoms with Crippen LogP contribution in [0, 0.1) is 11.8 Å². The Balaban J connectivity index is 2.53. The quantitative estimate of drug-likeness (QED) is 0.657. The van der Waals surface area contributed by atoms with E-state index in [9.17, 15) is 8.78 Å². The van der Waals surface area contributed by atoms with Gasteiger partial charge in [-0.1, -0.05) is 33.6 Å². The zero-order chi connectivity index (χ0) is 14.3. The normalized spacial score (nSPS) is 21.8. The summed E-state index contributed by atoms with van der Waals surface area (Å²) in [6, 6.07) is 0.445. The third-order valence-electron chi connectivity index (χ3n) is 4.73. The van der Waals surface area contributed by atoms with Crippen molar-refractivity contribution in [1.82, 2.24) is 5.32 Å². The molecule has 0 saturated heterocycles. The van der Waals surface area contributed by atoms with Crippen molar-refractivity contribution in [1.29, 1.82) is 0 Å². The fourth-order valence-electron chi connectivity index (χ4n) is 3.22. The Labute approximate surface area is 117 Å². The second-order valence-corrected chi connectivity index (χ2v) is 6.17. The van der Waals surface area contributed by atoms with Crippen molar-refractivity contribution in [3.05, 3.63) is 0 Å². The number of rotatable bonds is 8. The van der Waals surface area contributed by atoms with Crippen molar-refractivity contribution in [2.75, 3.05) is 6.54 Å². The van der Waals surface area contributed by atoms with E-state index < -0.39 is 5.92 Å². The maximum atomic E-state index is 13.3. The SMILES string of the molecule is CCCNC(CC(CC)CC)C1CCC(F)(F)CC1. The van der Waals surface area contributed by atoms with Gasteiger partial charge in [0, 0.05) is 18.9 Å². The van der Waals surface area contributed by atoms with E-state index in [1.165, 1.54) is 12.8 Å². The van der Waals surface area contributed by atoms with Crippen LogP contribution in [0.5, 0.6) is 0 Å². The third-order valence-corrected chi connectivity index (χ3v) is 4.73. The van der Waals surface area contributed by atoms with Gasteiger partial charge in [-0.15, -0.1) is 0 Å². The van der Waals surface area contributed by atoms with Gasteiger partial charge in [0.05, 0.1) is 0 Å². The van der Waals surface area contributed by atoms with Gasteiger partial charge in [0.25, 0.3) is 0 Å². The Morgan fingerprint density at radius 2 is 1.68 bits per heavy atom. The smallest absolute Gasteiger partial charge is 0.248 e. The first kappa shape index (κ1) is 16.9. The van der Waals surface area contributed by atoms with Crippen molar-refractivity contribution in [2.45, 2.75) is 84.1 Å². The minimum absolute atomic E-state index is 0.0882. The molecule has 0 radical (unpaired) electrons. The first-order valence-corrected chi connectivity index (χ1v) is 8.13. The first-order valence-electron chi connectivity index (χ1n) is 8.13. The second kappa shape index (κ2) is 8.18. The lowest BCUT2D eigenvalue weighted by Gasteiger charge is -2.36. The molecular weight excluding hydrogens is 244 g/mol. The van der Waals surface area contributed by atoms with E-state index in [-0.39, 0.29) is 12.8 Å². The number of hydrogen-bond donors (Lipinski definition) is 1. The molecule has 1 aliphatic carbocycles. The molecule has 0 aromatic carbocycles. The molecule has 114 valence electrons. The van der Waals surface area contributed by atoms with Gasteiger partial charge in [-0.25, -0.2) is 8.78 Å². The predicted octanol–water partition coefficient (Wildman–Crippen LogP) is 5.01. The summed E-state index contributed by atoms with van der Waals surface area (Å²) in [6.45, 7) is 7.65. The molecule has 3 heteroatoms. The lowest BCUT2D eigenvalue weighted by atomic mass is 9.78. The molecule has 1 saturated carbocycles. The van der Waals surface area contributed by atoms with Crippen molar-refractivity contribution in [2.24, 2.45) is 11.8 Å². The topological polar surface area (TPSA) is 12.0 Å². The van der Waals surface area contributed by atoms with Crippen molar-refractivity contribution < 1.29 is 8.78 Å². The van der Waals surface area contributed by atoms with Gasteiger partial charge < -0.3 is 5.32 Å². The summed E-state index contributed by atoms with van der Waals surface area (Å²) < 4.78 is 26.5. The zero-order valence-electron chi connectivity index (χ0n) is 12.9. The van der Waals surface area contributed by atoms with Crippen LogP contribution in [0.25, 0.3) is 0 Å². The molecule has 0 aromatic rings. The van der Waals surface area contributed by atoms with E-state index >= 15 is 0 Å². The maximum absolute atomic E-state index is 13.3. The third kappa shape index (κ3) is 5.76. The molecule has 0 amide bonds. The Hall–Kier alpha value is -0.180. The van der Waals surface area contributed by atoms with E-state index in [4.69, 9.17) is 0 Å². The largest absolute Gasteiger partial charge is 0.314 e. The van der Waals surface area contributed by atoms with E-state index in [1.54, 1.807) is 0 Å². The van der Waals surface area contributed by atoms with E-state index in [2.05, 4.69) is 26.1 Å². The standard InChI is InChI=1S/C16H31F2N/c1-4-11-19-15(12-13(5-2)6-3)14-7-9-16(17,18)10-8-14/h13-15,19H,4-12H2,1-3H3. The Kier molecular flexibility index (Phi) is 7.27. The summed E-state index contributed by atoms with van der Waals surface area (Å²) in [7, 11) is 0. The average Bonchev–Trinajstić information content (AvgIpc) is 2.40. The minimum Gasteiger partial charge on any atom is -0.314 e. The van der Waals surface area contributed by atoms with Gasteiger partial charge >= 0.3 is 0 Å². The molecule has 1 fully saturated rings. The van der Waals surface area contributed by atoms with Crippen LogP contribution in [-0.4, -0.2) is 18.5 Å². The molecule has 1 N–H and O–H groups in total. The summed E-state index contributed by atoms with van der Waals surface area (Å²) in [4.78, 5) is 0. The highest BCUT2D eigenvalue weighted by Gasteiger charge is 2.37. The molecule has 1 rings (SSSR count). The lowest BCUT2D eigenvalue weighted by Crippen LogP contribution is -2.41. The highest BCUT2D eigenvalue weighted by Crippen LogP contribution is 2.38. The molecule has 19 heavy (non-hydrogen) atoms. The van der Waals surface area contributed by atoms with Crippen molar-refractivity contribution in [3.63, 3.8) is 0 Å². The Morgan fingerprint density at radius 1 is 1.11 bits per heavy atom. The van der Waals surface area contributed by atoms with Crippen LogP contribution in [0.15, 0.2) is 0 Å². The summed E-state index contributed by atoms with van der Waals surface area (Å²) >= 11 is 0. The number of alkyl halides is 2. The summed E-state index contributed by atoms with van der Waals surface area (Å²) in [5, 5.41) is 3.62. The van der Waals surface area contributed by atoms with E-state index in [1.807, 2.05) is 0 Å². The molecule has 1 atom stereocenters. The number of hydrogen-bond acceptors (Lipinski definition) is 1.